The largest absolute Gasteiger partial charge is 0.508 e. The minimum atomic E-state index is -0.519. The second-order valence-corrected chi connectivity index (χ2v) is 14.4. The number of halogens is 2. The molecule has 2 aliphatic carbocycles. The Balaban J connectivity index is 1.13. The number of hydrogen-bond acceptors (Lipinski definition) is 7. The number of aromatic hydroxyl groups is 1. The molecule has 234 valence electrons. The molecule has 1 aromatic heterocycles. The number of piperidine rings is 1. The van der Waals surface area contributed by atoms with E-state index in [9.17, 15) is 9.50 Å². The van der Waals surface area contributed by atoms with E-state index >= 15 is 4.39 Å². The molecular weight excluding hydrogens is 572 g/mol. The van der Waals surface area contributed by atoms with E-state index in [0.717, 1.165) is 57.2 Å². The first-order chi connectivity index (χ1) is 21.9. The zero-order valence-electron chi connectivity index (χ0n) is 25.7. The SMILES string of the molecule is CCc1c(F)ccc2cc(O)cc(-c3ccc4c(N5CC6CCC(C5)N6)nc(OCC5(CN6CC7CC7C6)CC5)nc4c3F)c12. The van der Waals surface area contributed by atoms with Gasteiger partial charge in [0.15, 0.2) is 5.82 Å². The molecule has 4 unspecified atom stereocenters. The number of hydrogen-bond donors (Lipinski definition) is 2. The Hall–Kier alpha value is -3.56. The Morgan fingerprint density at radius 2 is 1.76 bits per heavy atom. The fourth-order valence-electron chi connectivity index (χ4n) is 8.51. The fraction of sp³-hybridized carbons (Fsp3) is 0.500. The van der Waals surface area contributed by atoms with E-state index in [4.69, 9.17) is 14.7 Å². The first-order valence-corrected chi connectivity index (χ1v) is 16.7. The molecule has 0 spiro atoms. The molecule has 2 N–H and O–H groups in total. The van der Waals surface area contributed by atoms with Gasteiger partial charge in [-0.1, -0.05) is 19.1 Å². The van der Waals surface area contributed by atoms with Gasteiger partial charge in [-0.05, 0) is 96.5 Å². The lowest BCUT2D eigenvalue weighted by molar-refractivity contribution is 0.163. The van der Waals surface area contributed by atoms with Crippen molar-refractivity contribution in [2.24, 2.45) is 17.3 Å². The number of aryl methyl sites for hydroxylation is 1. The third kappa shape index (κ3) is 4.81. The van der Waals surface area contributed by atoms with Gasteiger partial charge >= 0.3 is 6.01 Å². The Labute approximate surface area is 261 Å². The highest BCUT2D eigenvalue weighted by Gasteiger charge is 2.50. The zero-order chi connectivity index (χ0) is 30.4. The van der Waals surface area contributed by atoms with Crippen molar-refractivity contribution in [3.05, 3.63) is 53.6 Å². The van der Waals surface area contributed by atoms with Crippen molar-refractivity contribution < 1.29 is 18.6 Å². The molecule has 0 radical (unpaired) electrons. The van der Waals surface area contributed by atoms with E-state index in [2.05, 4.69) is 15.1 Å². The number of likely N-dealkylation sites (tertiary alicyclic amines) is 1. The lowest BCUT2D eigenvalue weighted by atomic mass is 9.92. The number of nitrogens with zero attached hydrogens (tertiary/aromatic N) is 4. The Kier molecular flexibility index (Phi) is 6.30. The summed E-state index contributed by atoms with van der Waals surface area (Å²) in [5, 5.41) is 16.2. The summed E-state index contributed by atoms with van der Waals surface area (Å²) in [4.78, 5) is 14.5. The van der Waals surface area contributed by atoms with E-state index in [1.54, 1.807) is 18.2 Å². The van der Waals surface area contributed by atoms with Gasteiger partial charge in [0.25, 0.3) is 0 Å². The third-order valence-corrected chi connectivity index (χ3v) is 11.2. The van der Waals surface area contributed by atoms with E-state index in [0.29, 0.717) is 58.2 Å². The first kappa shape index (κ1) is 27.7. The maximum Gasteiger partial charge on any atom is 0.319 e. The van der Waals surface area contributed by atoms with Gasteiger partial charge in [-0.25, -0.2) is 8.78 Å². The number of ether oxygens (including phenoxy) is 1. The van der Waals surface area contributed by atoms with Crippen LogP contribution < -0.4 is 15.0 Å². The highest BCUT2D eigenvalue weighted by Crippen LogP contribution is 2.51. The van der Waals surface area contributed by atoms with Crippen LogP contribution in [-0.4, -0.2) is 71.4 Å². The molecule has 45 heavy (non-hydrogen) atoms. The molecule has 3 saturated heterocycles. The summed E-state index contributed by atoms with van der Waals surface area (Å²) in [5.41, 5.74) is 1.52. The monoisotopic (exact) mass is 611 g/mol. The molecule has 3 aliphatic heterocycles. The van der Waals surface area contributed by atoms with Crippen LogP contribution in [0.3, 0.4) is 0 Å². The molecule has 2 saturated carbocycles. The van der Waals surface area contributed by atoms with Crippen molar-refractivity contribution in [1.29, 1.82) is 0 Å². The van der Waals surface area contributed by atoms with E-state index in [1.807, 2.05) is 13.0 Å². The number of fused-ring (bicyclic) bond motifs is 5. The van der Waals surface area contributed by atoms with Crippen molar-refractivity contribution in [1.82, 2.24) is 20.2 Å². The lowest BCUT2D eigenvalue weighted by Gasteiger charge is -2.34. The first-order valence-electron chi connectivity index (χ1n) is 16.7. The predicted octanol–water partition coefficient (Wildman–Crippen LogP) is 6.05. The summed E-state index contributed by atoms with van der Waals surface area (Å²) in [7, 11) is 0. The molecule has 5 fully saturated rings. The van der Waals surface area contributed by atoms with Gasteiger partial charge in [-0.2, -0.15) is 9.97 Å². The maximum atomic E-state index is 16.9. The van der Waals surface area contributed by atoms with E-state index < -0.39 is 5.82 Å². The molecule has 9 rings (SSSR count). The summed E-state index contributed by atoms with van der Waals surface area (Å²) in [6.45, 7) is 7.45. The topological polar surface area (TPSA) is 73.8 Å². The van der Waals surface area contributed by atoms with Crippen LogP contribution in [0.2, 0.25) is 0 Å². The third-order valence-electron chi connectivity index (χ3n) is 11.2. The smallest absolute Gasteiger partial charge is 0.319 e. The van der Waals surface area contributed by atoms with Crippen molar-refractivity contribution in [3.63, 3.8) is 0 Å². The number of piperazine rings is 1. The van der Waals surface area contributed by atoms with Crippen LogP contribution in [0.5, 0.6) is 11.8 Å². The molecule has 2 bridgehead atoms. The van der Waals surface area contributed by atoms with Gasteiger partial charge in [0.05, 0.1) is 6.61 Å². The number of anilines is 1. The maximum absolute atomic E-state index is 16.9. The van der Waals surface area contributed by atoms with Crippen molar-refractivity contribution in [3.8, 4) is 22.9 Å². The zero-order valence-corrected chi connectivity index (χ0v) is 25.7. The number of benzene rings is 3. The molecule has 7 nitrogen and oxygen atoms in total. The summed E-state index contributed by atoms with van der Waals surface area (Å²) in [6, 6.07) is 10.7. The van der Waals surface area contributed by atoms with Crippen LogP contribution >= 0.6 is 0 Å². The number of aromatic nitrogens is 2. The summed E-state index contributed by atoms with van der Waals surface area (Å²) < 4.78 is 38.2. The molecule has 4 aromatic rings. The van der Waals surface area contributed by atoms with E-state index in [-0.39, 0.29) is 34.1 Å². The van der Waals surface area contributed by atoms with Gasteiger partial charge in [0.1, 0.15) is 22.9 Å². The van der Waals surface area contributed by atoms with Crippen LogP contribution in [0.25, 0.3) is 32.8 Å². The lowest BCUT2D eigenvalue weighted by Crippen LogP contribution is -2.51. The van der Waals surface area contributed by atoms with Crippen LogP contribution in [0.15, 0.2) is 36.4 Å². The second-order valence-electron chi connectivity index (χ2n) is 14.4. The van der Waals surface area contributed by atoms with Gasteiger partial charge in [-0.15, -0.1) is 0 Å². The molecule has 4 atom stereocenters. The summed E-state index contributed by atoms with van der Waals surface area (Å²) >= 11 is 0. The highest BCUT2D eigenvalue weighted by atomic mass is 19.1. The number of phenols is 1. The van der Waals surface area contributed by atoms with Crippen LogP contribution in [-0.2, 0) is 6.42 Å². The minimum absolute atomic E-state index is 0.000569. The quantitative estimate of drug-likeness (QED) is 0.252. The van der Waals surface area contributed by atoms with Crippen LogP contribution in [0.4, 0.5) is 14.6 Å². The average Bonchev–Trinajstić information content (AvgIpc) is 3.91. The van der Waals surface area contributed by atoms with Crippen molar-refractivity contribution in [2.75, 3.05) is 44.2 Å². The van der Waals surface area contributed by atoms with Gasteiger partial charge in [0, 0.05) is 61.2 Å². The normalized spacial score (nSPS) is 26.5. The van der Waals surface area contributed by atoms with Crippen LogP contribution in [0.1, 0.15) is 44.6 Å². The fourth-order valence-corrected chi connectivity index (χ4v) is 8.51. The Morgan fingerprint density at radius 3 is 2.49 bits per heavy atom. The van der Waals surface area contributed by atoms with Gasteiger partial charge in [0.2, 0.25) is 0 Å². The Bertz CT molecular complexity index is 1820. The standard InChI is InChI=1S/C36H39F2N5O2/c1-2-26-30(37)8-3-20-12-25(44)13-29(31(20)26)27-6-7-28-33(32(27)38)40-35(41-34(28)43-16-23-4-5-24(17-43)39-23)45-19-36(9-10-36)18-42-14-21-11-22(21)15-42/h3,6-8,12-13,21-24,39,44H,2,4-5,9-11,14-19H2,1H3. The predicted molar refractivity (Wildman–Crippen MR) is 171 cm³/mol. The van der Waals surface area contributed by atoms with Gasteiger partial charge in [-0.3, -0.25) is 0 Å². The molecule has 3 aromatic carbocycles. The molecular formula is C36H39F2N5O2. The highest BCUT2D eigenvalue weighted by molar-refractivity contribution is 6.03. The minimum Gasteiger partial charge on any atom is -0.508 e. The number of rotatable bonds is 8. The van der Waals surface area contributed by atoms with Crippen molar-refractivity contribution >= 4 is 27.5 Å². The van der Waals surface area contributed by atoms with E-state index in [1.165, 1.54) is 31.6 Å². The number of phenolic OH excluding ortho intramolecular Hbond substituents is 1. The van der Waals surface area contributed by atoms with Crippen LogP contribution in [0, 0.1) is 28.9 Å². The molecule has 5 aliphatic rings. The summed E-state index contributed by atoms with van der Waals surface area (Å²) in [6.07, 6.45) is 6.31. The van der Waals surface area contributed by atoms with Gasteiger partial charge < -0.3 is 25.0 Å². The summed E-state index contributed by atoms with van der Waals surface area (Å²) in [5.74, 6) is 1.63. The molecule has 0 amide bonds. The molecule has 9 heteroatoms. The Morgan fingerprint density at radius 1 is 0.978 bits per heavy atom. The average molecular weight is 612 g/mol. The molecule has 4 heterocycles. The second kappa shape index (κ2) is 10.2. The number of nitrogens with one attached hydrogen (secondary N) is 1. The van der Waals surface area contributed by atoms with Crippen molar-refractivity contribution in [2.45, 2.75) is 57.5 Å².